The molecule has 3 rings (SSSR count). The van der Waals surface area contributed by atoms with Crippen molar-refractivity contribution < 1.29 is 33.0 Å². The Labute approximate surface area is 123 Å². The van der Waals surface area contributed by atoms with Gasteiger partial charge >= 0.3 is 5.22 Å². The lowest BCUT2D eigenvalue weighted by Crippen LogP contribution is -3.00. The van der Waals surface area contributed by atoms with Crippen molar-refractivity contribution in [1.82, 2.24) is 0 Å². The number of benzene rings is 1. The molecule has 0 aliphatic carbocycles. The van der Waals surface area contributed by atoms with E-state index in [2.05, 4.69) is 39.3 Å². The molecule has 2 nitrogen and oxygen atoms in total. The second-order valence-corrected chi connectivity index (χ2v) is 5.18. The maximum absolute atomic E-state index is 5.77. The van der Waals surface area contributed by atoms with Gasteiger partial charge in [0.1, 0.15) is 0 Å². The van der Waals surface area contributed by atoms with Crippen LogP contribution in [0.2, 0.25) is 0 Å². The molecule has 1 aliphatic heterocycles. The van der Waals surface area contributed by atoms with E-state index in [0.717, 1.165) is 21.0 Å². The van der Waals surface area contributed by atoms with Gasteiger partial charge in [0.2, 0.25) is 5.58 Å². The molecule has 0 N–H and O–H groups in total. The normalized spacial score (nSPS) is 18.9. The molecule has 5 heteroatoms. The van der Waals surface area contributed by atoms with Crippen molar-refractivity contribution in [2.75, 3.05) is 10.2 Å². The molecule has 0 saturated heterocycles. The number of alkyl halides is 1. The fourth-order valence-electron chi connectivity index (χ4n) is 1.78. The van der Waals surface area contributed by atoms with Crippen LogP contribution >= 0.6 is 34.4 Å². The molecule has 0 fully saturated rings. The highest BCUT2D eigenvalue weighted by molar-refractivity contribution is 14.1. The van der Waals surface area contributed by atoms with Crippen molar-refractivity contribution in [3.8, 4) is 0 Å². The Morgan fingerprint density at radius 1 is 1.47 bits per heavy atom. The van der Waals surface area contributed by atoms with Gasteiger partial charge in [-0.15, -0.1) is 4.57 Å². The molecule has 2 heterocycles. The number of fused-ring (bicyclic) bond motifs is 3. The Hall–Kier alpha value is 0.500. The van der Waals surface area contributed by atoms with E-state index in [1.165, 1.54) is 5.52 Å². The van der Waals surface area contributed by atoms with Gasteiger partial charge in [0.25, 0.3) is 5.52 Å². The molecule has 1 aromatic heterocycles. The third-order valence-corrected chi connectivity index (χ3v) is 4.56. The van der Waals surface area contributed by atoms with E-state index < -0.39 is 0 Å². The van der Waals surface area contributed by atoms with Crippen molar-refractivity contribution >= 4 is 45.5 Å². The van der Waals surface area contributed by atoms with Crippen molar-refractivity contribution in [3.05, 3.63) is 24.3 Å². The summed E-state index contributed by atoms with van der Waals surface area (Å²) in [7, 11) is 0. The second kappa shape index (κ2) is 4.79. The van der Waals surface area contributed by atoms with E-state index in [-0.39, 0.29) is 24.0 Å². The summed E-state index contributed by atoms with van der Waals surface area (Å²) in [5.41, 5.74) is 2.23. The van der Waals surface area contributed by atoms with Crippen LogP contribution in [-0.2, 0) is 0 Å². The maximum Gasteiger partial charge on any atom is 0.412 e. The molecule has 0 amide bonds. The first-order valence-corrected chi connectivity index (χ1v) is 7.03. The van der Waals surface area contributed by atoms with E-state index in [1.54, 1.807) is 0 Å². The smallest absolute Gasteiger partial charge is 0.412 e. The van der Waals surface area contributed by atoms with Gasteiger partial charge in [-0.3, -0.25) is 0 Å². The lowest BCUT2D eigenvalue weighted by Gasteiger charge is -1.96. The van der Waals surface area contributed by atoms with Gasteiger partial charge in [0, 0.05) is 6.07 Å². The summed E-state index contributed by atoms with van der Waals surface area (Å²) in [5, 5.41) is 1.06. The number of hydrogen-bond donors (Lipinski definition) is 0. The SMILES string of the molecule is ICC1CSc2oc3ccccc3[n+]21.[I-]. The number of para-hydroxylation sites is 2. The topological polar surface area (TPSA) is 17.0 Å². The summed E-state index contributed by atoms with van der Waals surface area (Å²) in [6.07, 6.45) is 0. The quantitative estimate of drug-likeness (QED) is 0.344. The van der Waals surface area contributed by atoms with E-state index in [4.69, 9.17) is 4.42 Å². The standard InChI is InChI=1S/C10H9INOS.HI/c11-5-7-6-14-10-12(7)8-3-1-2-4-9(8)13-10;/h1-4,7H,5-6H2;1H/q+1;/p-1. The number of aromatic nitrogens is 1. The molecule has 1 unspecified atom stereocenters. The molecule has 1 atom stereocenters. The molecule has 1 aliphatic rings. The van der Waals surface area contributed by atoms with Crippen molar-refractivity contribution in [2.45, 2.75) is 11.3 Å². The van der Waals surface area contributed by atoms with E-state index in [1.807, 2.05) is 23.9 Å². The van der Waals surface area contributed by atoms with Gasteiger partial charge in [-0.1, -0.05) is 34.7 Å². The number of oxazole rings is 1. The first kappa shape index (κ1) is 12.0. The zero-order chi connectivity index (χ0) is 9.54. The third-order valence-electron chi connectivity index (χ3n) is 2.46. The molecule has 0 spiro atoms. The highest BCUT2D eigenvalue weighted by Crippen LogP contribution is 2.31. The number of nitrogens with zero attached hydrogens (tertiary/aromatic N) is 1. The van der Waals surface area contributed by atoms with E-state index in [9.17, 15) is 0 Å². The zero-order valence-corrected chi connectivity index (χ0v) is 13.0. The Balaban J connectivity index is 0.000000853. The Morgan fingerprint density at radius 2 is 2.27 bits per heavy atom. The van der Waals surface area contributed by atoms with Gasteiger partial charge in [-0.25, -0.2) is 0 Å². The summed E-state index contributed by atoms with van der Waals surface area (Å²) in [4.78, 5) is 0. The van der Waals surface area contributed by atoms with Gasteiger partial charge in [-0.2, -0.15) is 0 Å². The van der Waals surface area contributed by atoms with Crippen LogP contribution in [0.4, 0.5) is 0 Å². The minimum absolute atomic E-state index is 0. The number of halogens is 2. The van der Waals surface area contributed by atoms with Gasteiger partial charge in [-0.05, 0) is 17.8 Å². The molecule has 1 aromatic carbocycles. The van der Waals surface area contributed by atoms with E-state index in [0.29, 0.717) is 6.04 Å². The largest absolute Gasteiger partial charge is 1.00 e. The first-order chi connectivity index (χ1) is 6.90. The Kier molecular flexibility index (Phi) is 3.82. The summed E-state index contributed by atoms with van der Waals surface area (Å²) < 4.78 is 9.24. The van der Waals surface area contributed by atoms with Crippen molar-refractivity contribution in [1.29, 1.82) is 0 Å². The first-order valence-electron chi connectivity index (χ1n) is 4.52. The molecule has 0 bridgehead atoms. The molecule has 2 aromatic rings. The Bertz CT molecular complexity index is 485. The van der Waals surface area contributed by atoms with Crippen LogP contribution in [0.3, 0.4) is 0 Å². The minimum atomic E-state index is 0. The number of rotatable bonds is 1. The lowest BCUT2D eigenvalue weighted by molar-refractivity contribution is -0.726. The second-order valence-electron chi connectivity index (χ2n) is 3.32. The lowest BCUT2D eigenvalue weighted by atomic mass is 10.3. The van der Waals surface area contributed by atoms with Crippen LogP contribution < -0.4 is 28.5 Å². The van der Waals surface area contributed by atoms with Crippen LogP contribution in [0.15, 0.2) is 33.9 Å². The highest BCUT2D eigenvalue weighted by atomic mass is 127. The average Bonchev–Trinajstić information content (AvgIpc) is 2.75. The Morgan fingerprint density at radius 3 is 3.07 bits per heavy atom. The maximum atomic E-state index is 5.77. The predicted octanol–water partition coefficient (Wildman–Crippen LogP) is -0.194. The van der Waals surface area contributed by atoms with Gasteiger partial charge < -0.3 is 28.4 Å². The monoisotopic (exact) mass is 445 g/mol. The van der Waals surface area contributed by atoms with Crippen molar-refractivity contribution in [3.63, 3.8) is 0 Å². The molecule has 0 saturated carbocycles. The zero-order valence-electron chi connectivity index (χ0n) is 7.82. The highest BCUT2D eigenvalue weighted by Gasteiger charge is 2.37. The van der Waals surface area contributed by atoms with Crippen molar-refractivity contribution in [2.24, 2.45) is 0 Å². The molecule has 80 valence electrons. The molecular formula is C10H9I2NOS. The van der Waals surface area contributed by atoms with Crippen LogP contribution in [0, 0.1) is 0 Å². The fourth-order valence-corrected chi connectivity index (χ4v) is 4.05. The molecule has 15 heavy (non-hydrogen) atoms. The van der Waals surface area contributed by atoms with Crippen LogP contribution in [0.5, 0.6) is 0 Å². The average molecular weight is 445 g/mol. The molecule has 0 radical (unpaired) electrons. The van der Waals surface area contributed by atoms with Gasteiger partial charge in [0.15, 0.2) is 6.04 Å². The van der Waals surface area contributed by atoms with Crippen LogP contribution in [0.1, 0.15) is 6.04 Å². The van der Waals surface area contributed by atoms with Gasteiger partial charge in [0.05, 0.1) is 10.2 Å². The summed E-state index contributed by atoms with van der Waals surface area (Å²) in [6.45, 7) is 0. The van der Waals surface area contributed by atoms with Crippen LogP contribution in [-0.4, -0.2) is 10.2 Å². The van der Waals surface area contributed by atoms with Crippen LogP contribution in [0.25, 0.3) is 11.1 Å². The fraction of sp³-hybridized carbons (Fsp3) is 0.300. The number of hydrogen-bond acceptors (Lipinski definition) is 2. The summed E-state index contributed by atoms with van der Waals surface area (Å²) in [6, 6.07) is 8.85. The minimum Gasteiger partial charge on any atom is -1.00 e. The predicted molar refractivity (Wildman–Crippen MR) is 65.1 cm³/mol. The van der Waals surface area contributed by atoms with E-state index >= 15 is 0 Å². The summed E-state index contributed by atoms with van der Waals surface area (Å²) >= 11 is 4.26. The summed E-state index contributed by atoms with van der Waals surface area (Å²) in [5.74, 6) is 1.15. The third kappa shape index (κ3) is 1.90. The number of thioether (sulfide) groups is 1. The molecular weight excluding hydrogens is 436 g/mol.